The van der Waals surface area contributed by atoms with Crippen molar-refractivity contribution in [3.05, 3.63) is 18.0 Å². The number of rotatable bonds is 8. The molecule has 0 saturated heterocycles. The normalized spacial score (nSPS) is 12.4. The first-order valence-electron chi connectivity index (χ1n) is 6.76. The fourth-order valence-corrected chi connectivity index (χ4v) is 1.89. The Morgan fingerprint density at radius 1 is 1.53 bits per heavy atom. The van der Waals surface area contributed by atoms with Crippen LogP contribution in [0.5, 0.6) is 0 Å². The van der Waals surface area contributed by atoms with Crippen LogP contribution >= 0.6 is 0 Å². The number of likely N-dealkylation sites (N-methyl/N-ethyl adjacent to an activating group) is 1. The SMILES string of the molecule is CCN(CC)C(=O)C(C)NCc1cnn(CCO)c1. The number of aliphatic hydroxyl groups is 1. The average molecular weight is 268 g/mol. The Morgan fingerprint density at radius 2 is 2.21 bits per heavy atom. The Hall–Kier alpha value is -1.40. The number of aromatic nitrogens is 2. The van der Waals surface area contributed by atoms with Gasteiger partial charge in [-0.25, -0.2) is 0 Å². The van der Waals surface area contributed by atoms with Gasteiger partial charge in [0.1, 0.15) is 0 Å². The molecule has 1 aromatic rings. The third-order valence-corrected chi connectivity index (χ3v) is 3.07. The minimum Gasteiger partial charge on any atom is -0.394 e. The van der Waals surface area contributed by atoms with Crippen LogP contribution in [0.2, 0.25) is 0 Å². The molecule has 0 aliphatic carbocycles. The fraction of sp³-hybridized carbons (Fsp3) is 0.692. The summed E-state index contributed by atoms with van der Waals surface area (Å²) in [5, 5.41) is 16.1. The number of amides is 1. The van der Waals surface area contributed by atoms with E-state index in [0.717, 1.165) is 18.7 Å². The van der Waals surface area contributed by atoms with E-state index in [9.17, 15) is 4.79 Å². The van der Waals surface area contributed by atoms with Gasteiger partial charge in [0.2, 0.25) is 5.91 Å². The van der Waals surface area contributed by atoms with Crippen molar-refractivity contribution in [1.29, 1.82) is 0 Å². The van der Waals surface area contributed by atoms with Crippen molar-refractivity contribution < 1.29 is 9.90 Å². The molecule has 1 rings (SSSR count). The van der Waals surface area contributed by atoms with Crippen molar-refractivity contribution in [1.82, 2.24) is 20.0 Å². The van der Waals surface area contributed by atoms with E-state index < -0.39 is 0 Å². The highest BCUT2D eigenvalue weighted by Gasteiger charge is 2.17. The molecule has 1 heterocycles. The van der Waals surface area contributed by atoms with E-state index in [0.29, 0.717) is 13.1 Å². The maximum Gasteiger partial charge on any atom is 0.239 e. The van der Waals surface area contributed by atoms with Gasteiger partial charge < -0.3 is 15.3 Å². The highest BCUT2D eigenvalue weighted by Crippen LogP contribution is 2.00. The van der Waals surface area contributed by atoms with Gasteiger partial charge in [0, 0.05) is 31.4 Å². The van der Waals surface area contributed by atoms with Crippen LogP contribution in [-0.4, -0.2) is 51.4 Å². The predicted molar refractivity (Wildman–Crippen MR) is 73.5 cm³/mol. The second kappa shape index (κ2) is 7.91. The Kier molecular flexibility index (Phi) is 6.52. The zero-order valence-electron chi connectivity index (χ0n) is 12.0. The van der Waals surface area contributed by atoms with Crippen molar-refractivity contribution in [3.63, 3.8) is 0 Å². The maximum absolute atomic E-state index is 12.0. The van der Waals surface area contributed by atoms with Crippen molar-refractivity contribution >= 4 is 5.91 Å². The van der Waals surface area contributed by atoms with Crippen molar-refractivity contribution in [2.75, 3.05) is 19.7 Å². The fourth-order valence-electron chi connectivity index (χ4n) is 1.89. The van der Waals surface area contributed by atoms with Crippen LogP contribution in [0.25, 0.3) is 0 Å². The molecule has 1 aromatic heterocycles. The van der Waals surface area contributed by atoms with Crippen LogP contribution in [-0.2, 0) is 17.9 Å². The molecule has 0 radical (unpaired) electrons. The summed E-state index contributed by atoms with van der Waals surface area (Å²) in [5.74, 6) is 0.118. The largest absolute Gasteiger partial charge is 0.394 e. The second-order valence-electron chi connectivity index (χ2n) is 4.45. The highest BCUT2D eigenvalue weighted by molar-refractivity contribution is 5.81. The van der Waals surface area contributed by atoms with Gasteiger partial charge in [-0.3, -0.25) is 9.48 Å². The molecule has 2 N–H and O–H groups in total. The molecule has 0 spiro atoms. The zero-order valence-corrected chi connectivity index (χ0v) is 12.0. The summed E-state index contributed by atoms with van der Waals surface area (Å²) < 4.78 is 1.69. The Bertz CT molecular complexity index is 388. The van der Waals surface area contributed by atoms with Crippen LogP contribution in [0.1, 0.15) is 26.3 Å². The van der Waals surface area contributed by atoms with E-state index in [1.807, 2.05) is 31.9 Å². The third kappa shape index (κ3) is 4.65. The summed E-state index contributed by atoms with van der Waals surface area (Å²) in [5.41, 5.74) is 1.01. The molecule has 1 unspecified atom stereocenters. The van der Waals surface area contributed by atoms with Gasteiger partial charge in [0.15, 0.2) is 0 Å². The van der Waals surface area contributed by atoms with Crippen LogP contribution in [0.3, 0.4) is 0 Å². The van der Waals surface area contributed by atoms with Crippen LogP contribution in [0.4, 0.5) is 0 Å². The number of carbonyl (C=O) groups is 1. The minimum absolute atomic E-state index is 0.0748. The van der Waals surface area contributed by atoms with Crippen LogP contribution < -0.4 is 5.32 Å². The number of hydrogen-bond acceptors (Lipinski definition) is 4. The lowest BCUT2D eigenvalue weighted by molar-refractivity contribution is -0.132. The molecule has 1 amide bonds. The maximum atomic E-state index is 12.0. The monoisotopic (exact) mass is 268 g/mol. The number of hydrogen-bond donors (Lipinski definition) is 2. The molecule has 19 heavy (non-hydrogen) atoms. The Labute approximate surface area is 114 Å². The van der Waals surface area contributed by atoms with Crippen LogP contribution in [0.15, 0.2) is 12.4 Å². The van der Waals surface area contributed by atoms with Gasteiger partial charge in [0.05, 0.1) is 25.4 Å². The summed E-state index contributed by atoms with van der Waals surface area (Å²) in [6.45, 7) is 8.46. The Morgan fingerprint density at radius 3 is 2.79 bits per heavy atom. The molecular formula is C13H24N4O2. The summed E-state index contributed by atoms with van der Waals surface area (Å²) >= 11 is 0. The lowest BCUT2D eigenvalue weighted by Gasteiger charge is -2.23. The van der Waals surface area contributed by atoms with E-state index >= 15 is 0 Å². The average Bonchev–Trinajstić information content (AvgIpc) is 2.85. The van der Waals surface area contributed by atoms with Gasteiger partial charge in [-0.05, 0) is 20.8 Å². The number of nitrogens with zero attached hydrogens (tertiary/aromatic N) is 3. The second-order valence-corrected chi connectivity index (χ2v) is 4.45. The van der Waals surface area contributed by atoms with E-state index in [1.165, 1.54) is 0 Å². The molecule has 6 heteroatoms. The summed E-state index contributed by atoms with van der Waals surface area (Å²) in [6.07, 6.45) is 3.62. The number of aliphatic hydroxyl groups excluding tert-OH is 1. The first-order chi connectivity index (χ1) is 9.12. The van der Waals surface area contributed by atoms with Crippen molar-refractivity contribution in [2.24, 2.45) is 0 Å². The lowest BCUT2D eigenvalue weighted by atomic mass is 10.2. The van der Waals surface area contributed by atoms with Gasteiger partial charge in [-0.1, -0.05) is 0 Å². The lowest BCUT2D eigenvalue weighted by Crippen LogP contribution is -2.44. The van der Waals surface area contributed by atoms with Crippen LogP contribution in [0, 0.1) is 0 Å². The molecule has 0 aliphatic rings. The first kappa shape index (κ1) is 15.7. The van der Waals surface area contributed by atoms with Gasteiger partial charge >= 0.3 is 0 Å². The first-order valence-corrected chi connectivity index (χ1v) is 6.76. The molecule has 0 aromatic carbocycles. The third-order valence-electron chi connectivity index (χ3n) is 3.07. The summed E-state index contributed by atoms with van der Waals surface area (Å²) in [4.78, 5) is 13.9. The van der Waals surface area contributed by atoms with E-state index in [-0.39, 0.29) is 18.6 Å². The molecule has 108 valence electrons. The number of nitrogens with one attached hydrogen (secondary N) is 1. The molecule has 0 saturated carbocycles. The van der Waals surface area contributed by atoms with E-state index in [4.69, 9.17) is 5.11 Å². The number of carbonyl (C=O) groups excluding carboxylic acids is 1. The van der Waals surface area contributed by atoms with E-state index in [1.54, 1.807) is 10.9 Å². The Balaban J connectivity index is 2.44. The zero-order chi connectivity index (χ0) is 14.3. The molecule has 0 aliphatic heterocycles. The molecular weight excluding hydrogens is 244 g/mol. The molecule has 0 fully saturated rings. The van der Waals surface area contributed by atoms with Crippen molar-refractivity contribution in [3.8, 4) is 0 Å². The minimum atomic E-state index is -0.207. The summed E-state index contributed by atoms with van der Waals surface area (Å²) in [6, 6.07) is -0.207. The van der Waals surface area contributed by atoms with E-state index in [2.05, 4.69) is 10.4 Å². The summed E-state index contributed by atoms with van der Waals surface area (Å²) in [7, 11) is 0. The topological polar surface area (TPSA) is 70.4 Å². The van der Waals surface area contributed by atoms with Crippen molar-refractivity contribution in [2.45, 2.75) is 39.9 Å². The molecule has 0 bridgehead atoms. The van der Waals surface area contributed by atoms with Gasteiger partial charge in [-0.2, -0.15) is 5.10 Å². The highest BCUT2D eigenvalue weighted by atomic mass is 16.3. The predicted octanol–water partition coefficient (Wildman–Crippen LogP) is 0.222. The standard InChI is InChI=1S/C13H24N4O2/c1-4-16(5-2)13(19)11(3)14-8-12-9-15-17(10-12)6-7-18/h9-11,14,18H,4-8H2,1-3H3. The smallest absolute Gasteiger partial charge is 0.239 e. The molecule has 1 atom stereocenters. The van der Waals surface area contributed by atoms with Gasteiger partial charge in [0.25, 0.3) is 0 Å². The molecule has 6 nitrogen and oxygen atoms in total. The van der Waals surface area contributed by atoms with Gasteiger partial charge in [-0.15, -0.1) is 0 Å². The quantitative estimate of drug-likeness (QED) is 0.708.